The first-order valence-corrected chi connectivity index (χ1v) is 5.67. The summed E-state index contributed by atoms with van der Waals surface area (Å²) in [6, 6.07) is 0. The maximum atomic E-state index is 13.1. The van der Waals surface area contributed by atoms with Gasteiger partial charge in [-0.3, -0.25) is 4.90 Å². The Labute approximate surface area is 98.4 Å². The summed E-state index contributed by atoms with van der Waals surface area (Å²) in [6.45, 7) is 3.40. The van der Waals surface area contributed by atoms with E-state index in [1.807, 2.05) is 0 Å². The lowest BCUT2D eigenvalue weighted by Gasteiger charge is -2.14. The van der Waals surface area contributed by atoms with E-state index in [2.05, 4.69) is 14.9 Å². The number of hydrogen-bond acceptors (Lipinski definition) is 4. The lowest BCUT2D eigenvalue weighted by molar-refractivity contribution is 0.224. The Hall–Kier alpha value is -0.940. The fourth-order valence-electron chi connectivity index (χ4n) is 1.71. The van der Waals surface area contributed by atoms with Crippen LogP contribution in [0.1, 0.15) is 12.8 Å². The second-order valence-corrected chi connectivity index (χ2v) is 4.03. The minimum Gasteiger partial charge on any atom is -0.474 e. The van der Waals surface area contributed by atoms with Gasteiger partial charge in [-0.15, -0.1) is 0 Å². The van der Waals surface area contributed by atoms with Crippen molar-refractivity contribution < 1.29 is 9.13 Å². The Balaban J connectivity index is 1.82. The zero-order valence-corrected chi connectivity index (χ0v) is 9.58. The van der Waals surface area contributed by atoms with Gasteiger partial charge in [-0.05, 0) is 37.5 Å². The highest BCUT2D eigenvalue weighted by Crippen LogP contribution is 2.14. The molecule has 0 saturated carbocycles. The summed E-state index contributed by atoms with van der Waals surface area (Å²) in [7, 11) is 0. The zero-order chi connectivity index (χ0) is 11.4. The fraction of sp³-hybridized carbons (Fsp3) is 0.600. The number of nitrogens with zero attached hydrogens (tertiary/aromatic N) is 3. The molecule has 1 aromatic heterocycles. The fourth-order valence-corrected chi connectivity index (χ4v) is 1.84. The predicted octanol–water partition coefficient (Wildman–Crippen LogP) is 1.74. The highest BCUT2D eigenvalue weighted by molar-refractivity contribution is 6.28. The second-order valence-electron chi connectivity index (χ2n) is 3.69. The summed E-state index contributed by atoms with van der Waals surface area (Å²) in [5.41, 5.74) is 0. The van der Waals surface area contributed by atoms with Gasteiger partial charge in [-0.1, -0.05) is 0 Å². The minimum absolute atomic E-state index is 0.00225. The molecule has 6 heteroatoms. The summed E-state index contributed by atoms with van der Waals surface area (Å²) < 4.78 is 18.4. The second kappa shape index (κ2) is 5.41. The standard InChI is InChI=1S/C10H13ClFN3O/c11-10-13-7-8(12)9(14-10)16-6-5-15-3-1-2-4-15/h7H,1-6H2. The van der Waals surface area contributed by atoms with Gasteiger partial charge in [0.15, 0.2) is 0 Å². The van der Waals surface area contributed by atoms with E-state index >= 15 is 0 Å². The molecule has 1 saturated heterocycles. The lowest BCUT2D eigenvalue weighted by atomic mass is 10.4. The first kappa shape index (κ1) is 11.5. The molecule has 0 amide bonds. The molecule has 2 heterocycles. The third kappa shape index (κ3) is 3.02. The molecule has 1 aromatic rings. The van der Waals surface area contributed by atoms with Gasteiger partial charge in [0, 0.05) is 6.54 Å². The van der Waals surface area contributed by atoms with Crippen molar-refractivity contribution in [2.24, 2.45) is 0 Å². The van der Waals surface area contributed by atoms with Crippen LogP contribution in [0.4, 0.5) is 4.39 Å². The zero-order valence-electron chi connectivity index (χ0n) is 8.83. The maximum absolute atomic E-state index is 13.1. The number of ether oxygens (including phenoxy) is 1. The molecule has 1 aliphatic rings. The van der Waals surface area contributed by atoms with Crippen LogP contribution < -0.4 is 4.74 Å². The third-order valence-electron chi connectivity index (χ3n) is 2.53. The molecule has 0 atom stereocenters. The molecule has 16 heavy (non-hydrogen) atoms. The molecular weight excluding hydrogens is 233 g/mol. The summed E-state index contributed by atoms with van der Waals surface area (Å²) in [5, 5.41) is -0.00225. The highest BCUT2D eigenvalue weighted by Gasteiger charge is 2.12. The number of likely N-dealkylation sites (tertiary alicyclic amines) is 1. The Morgan fingerprint density at radius 2 is 2.19 bits per heavy atom. The van der Waals surface area contributed by atoms with Crippen LogP contribution in [0.25, 0.3) is 0 Å². The Morgan fingerprint density at radius 1 is 1.44 bits per heavy atom. The van der Waals surface area contributed by atoms with Gasteiger partial charge in [0.05, 0.1) is 6.20 Å². The Bertz CT molecular complexity index is 358. The van der Waals surface area contributed by atoms with Crippen LogP contribution in [0.15, 0.2) is 6.20 Å². The van der Waals surface area contributed by atoms with Crippen molar-refractivity contribution in [2.45, 2.75) is 12.8 Å². The van der Waals surface area contributed by atoms with E-state index in [9.17, 15) is 4.39 Å². The monoisotopic (exact) mass is 245 g/mol. The van der Waals surface area contributed by atoms with E-state index in [-0.39, 0.29) is 11.2 Å². The van der Waals surface area contributed by atoms with Crippen molar-refractivity contribution in [1.82, 2.24) is 14.9 Å². The van der Waals surface area contributed by atoms with Crippen LogP contribution in [0.3, 0.4) is 0 Å². The lowest BCUT2D eigenvalue weighted by Crippen LogP contribution is -2.25. The van der Waals surface area contributed by atoms with Crippen molar-refractivity contribution in [2.75, 3.05) is 26.2 Å². The first-order valence-electron chi connectivity index (χ1n) is 5.29. The quantitative estimate of drug-likeness (QED) is 0.758. The molecular formula is C10H13ClFN3O. The molecule has 0 aliphatic carbocycles. The molecule has 1 aliphatic heterocycles. The van der Waals surface area contributed by atoms with Crippen LogP contribution in [0.2, 0.25) is 5.28 Å². The average molecular weight is 246 g/mol. The number of rotatable bonds is 4. The number of hydrogen-bond donors (Lipinski definition) is 0. The Kier molecular flexibility index (Phi) is 3.90. The van der Waals surface area contributed by atoms with Gasteiger partial charge in [0.25, 0.3) is 5.88 Å². The number of aromatic nitrogens is 2. The Morgan fingerprint density at radius 3 is 2.94 bits per heavy atom. The normalized spacial score (nSPS) is 16.6. The number of halogens is 2. The van der Waals surface area contributed by atoms with Crippen molar-refractivity contribution >= 4 is 11.6 Å². The van der Waals surface area contributed by atoms with E-state index in [1.54, 1.807) is 0 Å². The molecule has 0 spiro atoms. The highest BCUT2D eigenvalue weighted by atomic mass is 35.5. The molecule has 88 valence electrons. The first-order chi connectivity index (χ1) is 7.75. The van der Waals surface area contributed by atoms with Crippen molar-refractivity contribution in [3.63, 3.8) is 0 Å². The molecule has 0 N–H and O–H groups in total. The summed E-state index contributed by atoms with van der Waals surface area (Å²) in [4.78, 5) is 9.47. The smallest absolute Gasteiger partial charge is 0.254 e. The molecule has 4 nitrogen and oxygen atoms in total. The SMILES string of the molecule is Fc1cnc(Cl)nc1OCCN1CCCC1. The van der Waals surface area contributed by atoms with Gasteiger partial charge in [0.1, 0.15) is 6.61 Å². The topological polar surface area (TPSA) is 38.3 Å². The van der Waals surface area contributed by atoms with Crippen molar-refractivity contribution in [1.29, 1.82) is 0 Å². The molecule has 1 fully saturated rings. The van der Waals surface area contributed by atoms with E-state index < -0.39 is 5.82 Å². The summed E-state index contributed by atoms with van der Waals surface area (Å²) in [6.07, 6.45) is 3.47. The van der Waals surface area contributed by atoms with Gasteiger partial charge in [0.2, 0.25) is 11.1 Å². The van der Waals surface area contributed by atoms with Crippen LogP contribution in [0, 0.1) is 5.82 Å². The summed E-state index contributed by atoms with van der Waals surface area (Å²) >= 11 is 5.54. The van der Waals surface area contributed by atoms with Crippen LogP contribution in [0.5, 0.6) is 5.88 Å². The predicted molar refractivity (Wildman–Crippen MR) is 58.2 cm³/mol. The van der Waals surface area contributed by atoms with Gasteiger partial charge < -0.3 is 4.74 Å². The van der Waals surface area contributed by atoms with Crippen LogP contribution >= 0.6 is 11.6 Å². The van der Waals surface area contributed by atoms with Crippen molar-refractivity contribution in [3.8, 4) is 5.88 Å². The van der Waals surface area contributed by atoms with E-state index in [0.29, 0.717) is 6.61 Å². The van der Waals surface area contributed by atoms with Gasteiger partial charge >= 0.3 is 0 Å². The molecule has 0 unspecified atom stereocenters. The van der Waals surface area contributed by atoms with E-state index in [4.69, 9.17) is 16.3 Å². The molecule has 0 radical (unpaired) electrons. The minimum atomic E-state index is -0.578. The molecule has 2 rings (SSSR count). The third-order valence-corrected chi connectivity index (χ3v) is 2.71. The molecule has 0 bridgehead atoms. The average Bonchev–Trinajstić information content (AvgIpc) is 2.76. The van der Waals surface area contributed by atoms with Crippen LogP contribution in [-0.4, -0.2) is 41.1 Å². The van der Waals surface area contributed by atoms with E-state index in [0.717, 1.165) is 25.8 Å². The summed E-state index contributed by atoms with van der Waals surface area (Å²) in [5.74, 6) is -0.648. The van der Waals surface area contributed by atoms with Gasteiger partial charge in [-0.2, -0.15) is 9.37 Å². The maximum Gasteiger partial charge on any atom is 0.254 e. The van der Waals surface area contributed by atoms with Gasteiger partial charge in [-0.25, -0.2) is 4.98 Å². The van der Waals surface area contributed by atoms with Crippen molar-refractivity contribution in [3.05, 3.63) is 17.3 Å². The largest absolute Gasteiger partial charge is 0.474 e. The molecule has 0 aromatic carbocycles. The van der Waals surface area contributed by atoms with Crippen LogP contribution in [-0.2, 0) is 0 Å². The van der Waals surface area contributed by atoms with E-state index in [1.165, 1.54) is 12.8 Å².